The minimum atomic E-state index is -0.500. The number of amides is 1. The Kier molecular flexibility index (Phi) is 6.85. The Hall–Kier alpha value is -3.61. The molecule has 0 bridgehead atoms. The third kappa shape index (κ3) is 5.05. The van der Waals surface area contributed by atoms with E-state index in [1.807, 2.05) is 61.5 Å². The van der Waals surface area contributed by atoms with Crippen LogP contribution in [0.5, 0.6) is 5.75 Å². The van der Waals surface area contributed by atoms with E-state index >= 15 is 0 Å². The topological polar surface area (TPSA) is 73.5 Å². The van der Waals surface area contributed by atoms with Crippen molar-refractivity contribution in [2.45, 2.75) is 26.6 Å². The molecule has 0 unspecified atom stereocenters. The maximum absolute atomic E-state index is 12.8. The largest absolute Gasteiger partial charge is 0.497 e. The highest BCUT2D eigenvalue weighted by Gasteiger charge is 2.16. The van der Waals surface area contributed by atoms with E-state index in [4.69, 9.17) is 4.74 Å². The first-order valence-electron chi connectivity index (χ1n) is 9.76. The van der Waals surface area contributed by atoms with Crippen LogP contribution in [0.1, 0.15) is 18.1 Å². The summed E-state index contributed by atoms with van der Waals surface area (Å²) in [7, 11) is 1.60. The number of hydrogen-bond acceptors (Lipinski definition) is 4. The molecule has 156 valence electrons. The van der Waals surface area contributed by atoms with Crippen molar-refractivity contribution >= 4 is 5.91 Å². The molecule has 0 fully saturated rings. The Morgan fingerprint density at radius 1 is 0.967 bits per heavy atom. The maximum Gasteiger partial charge on any atom is 0.331 e. The second-order valence-corrected chi connectivity index (χ2v) is 6.89. The monoisotopic (exact) mass is 407 g/mol. The lowest BCUT2D eigenvalue weighted by Crippen LogP contribution is -2.44. The van der Waals surface area contributed by atoms with Gasteiger partial charge < -0.3 is 9.64 Å². The number of nitrogens with zero attached hydrogens (tertiary/aromatic N) is 3. The molecule has 3 rings (SSSR count). The summed E-state index contributed by atoms with van der Waals surface area (Å²) in [6.07, 6.45) is 1.47. The lowest BCUT2D eigenvalue weighted by molar-refractivity contribution is -0.132. The molecule has 0 aliphatic heterocycles. The molecule has 0 aliphatic carbocycles. The lowest BCUT2D eigenvalue weighted by Gasteiger charge is -2.21. The van der Waals surface area contributed by atoms with Crippen LogP contribution < -0.4 is 16.0 Å². The van der Waals surface area contributed by atoms with Crippen molar-refractivity contribution in [2.75, 3.05) is 13.7 Å². The Balaban J connectivity index is 1.77. The first-order valence-corrected chi connectivity index (χ1v) is 9.76. The summed E-state index contributed by atoms with van der Waals surface area (Å²) in [6, 6.07) is 18.2. The summed E-state index contributed by atoms with van der Waals surface area (Å²) < 4.78 is 7.57. The Bertz CT molecular complexity index is 1100. The molecule has 30 heavy (non-hydrogen) atoms. The number of aromatic nitrogens is 2. The van der Waals surface area contributed by atoms with Crippen molar-refractivity contribution in [3.63, 3.8) is 0 Å². The second-order valence-electron chi connectivity index (χ2n) is 6.89. The molecule has 0 saturated carbocycles. The van der Waals surface area contributed by atoms with Gasteiger partial charge in [-0.25, -0.2) is 4.79 Å². The highest BCUT2D eigenvalue weighted by atomic mass is 16.5. The van der Waals surface area contributed by atoms with E-state index < -0.39 is 11.2 Å². The van der Waals surface area contributed by atoms with Crippen LogP contribution in [0.4, 0.5) is 0 Å². The van der Waals surface area contributed by atoms with E-state index in [2.05, 4.69) is 0 Å². The van der Waals surface area contributed by atoms with Crippen LogP contribution in [0.2, 0.25) is 0 Å². The normalized spacial score (nSPS) is 10.6. The van der Waals surface area contributed by atoms with Crippen LogP contribution in [0.25, 0.3) is 0 Å². The molecule has 0 radical (unpaired) electrons. The third-order valence-corrected chi connectivity index (χ3v) is 4.90. The van der Waals surface area contributed by atoms with E-state index in [1.165, 1.54) is 16.8 Å². The van der Waals surface area contributed by atoms with Crippen molar-refractivity contribution in [1.29, 1.82) is 0 Å². The molecule has 0 N–H and O–H groups in total. The molecule has 1 aromatic heterocycles. The van der Waals surface area contributed by atoms with Gasteiger partial charge in [-0.05, 0) is 30.2 Å². The zero-order valence-electron chi connectivity index (χ0n) is 17.2. The average Bonchev–Trinajstić information content (AvgIpc) is 2.78. The van der Waals surface area contributed by atoms with Crippen molar-refractivity contribution in [1.82, 2.24) is 14.0 Å². The molecular weight excluding hydrogens is 382 g/mol. The highest BCUT2D eigenvalue weighted by Crippen LogP contribution is 2.13. The molecule has 0 atom stereocenters. The number of hydrogen-bond donors (Lipinski definition) is 0. The van der Waals surface area contributed by atoms with Crippen molar-refractivity contribution in [2.24, 2.45) is 0 Å². The van der Waals surface area contributed by atoms with Crippen molar-refractivity contribution < 1.29 is 9.53 Å². The molecule has 2 aromatic carbocycles. The summed E-state index contributed by atoms with van der Waals surface area (Å²) in [5.41, 5.74) is 0.886. The standard InChI is InChI=1S/C23H25N3O4/c1-3-24(15-19-9-11-20(30-2)12-10-19)22(28)17-26-21(27)13-14-25(23(26)29)16-18-7-5-4-6-8-18/h4-14H,3,15-17H2,1-2H3. The van der Waals surface area contributed by atoms with Crippen LogP contribution in [-0.2, 0) is 24.4 Å². The number of likely N-dealkylation sites (N-methyl/N-ethyl adjacent to an activating group) is 1. The summed E-state index contributed by atoms with van der Waals surface area (Å²) in [4.78, 5) is 39.5. The van der Waals surface area contributed by atoms with Gasteiger partial charge in [0.15, 0.2) is 0 Å². The van der Waals surface area contributed by atoms with Gasteiger partial charge >= 0.3 is 5.69 Å². The van der Waals surface area contributed by atoms with E-state index in [0.717, 1.165) is 21.4 Å². The van der Waals surface area contributed by atoms with Gasteiger partial charge in [-0.2, -0.15) is 0 Å². The van der Waals surface area contributed by atoms with Gasteiger partial charge in [0, 0.05) is 25.4 Å². The second kappa shape index (κ2) is 9.73. The summed E-state index contributed by atoms with van der Waals surface area (Å²) in [5.74, 6) is 0.452. The van der Waals surface area contributed by atoms with Gasteiger partial charge in [-0.1, -0.05) is 42.5 Å². The number of carbonyl (C=O) groups excluding carboxylic acids is 1. The Labute approximate surface area is 174 Å². The van der Waals surface area contributed by atoms with E-state index in [1.54, 1.807) is 12.0 Å². The van der Waals surface area contributed by atoms with Crippen LogP contribution in [0.3, 0.4) is 0 Å². The highest BCUT2D eigenvalue weighted by molar-refractivity contribution is 5.76. The quantitative estimate of drug-likeness (QED) is 0.573. The zero-order valence-corrected chi connectivity index (χ0v) is 17.2. The van der Waals surface area contributed by atoms with Crippen LogP contribution in [0, 0.1) is 0 Å². The first kappa shape index (κ1) is 21.1. The number of methoxy groups -OCH3 is 1. The molecule has 0 aliphatic rings. The fourth-order valence-corrected chi connectivity index (χ4v) is 3.17. The lowest BCUT2D eigenvalue weighted by atomic mass is 10.2. The minimum Gasteiger partial charge on any atom is -0.497 e. The first-order chi connectivity index (χ1) is 14.5. The fourth-order valence-electron chi connectivity index (χ4n) is 3.17. The van der Waals surface area contributed by atoms with E-state index in [-0.39, 0.29) is 12.5 Å². The molecular formula is C23H25N3O4. The SMILES string of the molecule is CCN(Cc1ccc(OC)cc1)C(=O)Cn1c(=O)ccn(Cc2ccccc2)c1=O. The predicted octanol–water partition coefficient (Wildman–Crippen LogP) is 2.12. The minimum absolute atomic E-state index is 0.287. The van der Waals surface area contributed by atoms with Gasteiger partial charge in [0.05, 0.1) is 13.7 Å². The maximum atomic E-state index is 12.8. The Morgan fingerprint density at radius 2 is 1.67 bits per heavy atom. The van der Waals surface area contributed by atoms with Crippen LogP contribution >= 0.6 is 0 Å². The third-order valence-electron chi connectivity index (χ3n) is 4.90. The van der Waals surface area contributed by atoms with Gasteiger partial charge in [0.1, 0.15) is 12.3 Å². The summed E-state index contributed by atoms with van der Waals surface area (Å²) in [5, 5.41) is 0. The molecule has 7 nitrogen and oxygen atoms in total. The molecule has 0 saturated heterocycles. The number of carbonyl (C=O) groups is 1. The van der Waals surface area contributed by atoms with Gasteiger partial charge in [0.2, 0.25) is 5.91 Å². The average molecular weight is 407 g/mol. The van der Waals surface area contributed by atoms with E-state index in [9.17, 15) is 14.4 Å². The summed E-state index contributed by atoms with van der Waals surface area (Å²) in [6.45, 7) is 2.75. The fraction of sp³-hybridized carbons (Fsp3) is 0.261. The number of ether oxygens (including phenoxy) is 1. The number of benzene rings is 2. The van der Waals surface area contributed by atoms with Crippen LogP contribution in [0.15, 0.2) is 76.4 Å². The van der Waals surface area contributed by atoms with Crippen molar-refractivity contribution in [3.05, 3.63) is 98.8 Å². The molecule has 7 heteroatoms. The zero-order chi connectivity index (χ0) is 21.5. The summed E-state index contributed by atoms with van der Waals surface area (Å²) >= 11 is 0. The van der Waals surface area contributed by atoms with Gasteiger partial charge in [-0.15, -0.1) is 0 Å². The molecule has 0 spiro atoms. The van der Waals surface area contributed by atoms with Crippen molar-refractivity contribution in [3.8, 4) is 5.75 Å². The Morgan fingerprint density at radius 3 is 2.30 bits per heavy atom. The molecule has 1 amide bonds. The van der Waals surface area contributed by atoms with Gasteiger partial charge in [0.25, 0.3) is 5.56 Å². The number of rotatable bonds is 8. The smallest absolute Gasteiger partial charge is 0.331 e. The molecule has 3 aromatic rings. The van der Waals surface area contributed by atoms with Gasteiger partial charge in [-0.3, -0.25) is 18.7 Å². The predicted molar refractivity (Wildman–Crippen MR) is 115 cm³/mol. The van der Waals surface area contributed by atoms with E-state index in [0.29, 0.717) is 19.6 Å². The van der Waals surface area contributed by atoms with Crippen LogP contribution in [-0.4, -0.2) is 33.6 Å². The molecule has 1 heterocycles.